The van der Waals surface area contributed by atoms with Crippen molar-refractivity contribution in [3.63, 3.8) is 0 Å². The van der Waals surface area contributed by atoms with E-state index in [2.05, 4.69) is 26.6 Å². The highest BCUT2D eigenvalue weighted by atomic mass is 79.9. The third-order valence-electron chi connectivity index (χ3n) is 4.92. The van der Waals surface area contributed by atoms with Crippen LogP contribution in [0.15, 0.2) is 40.9 Å². The Balaban J connectivity index is 1.37. The van der Waals surface area contributed by atoms with Crippen molar-refractivity contribution in [3.8, 4) is 11.5 Å². The lowest BCUT2D eigenvalue weighted by Crippen LogP contribution is -2.38. The molecule has 2 aromatic rings. The van der Waals surface area contributed by atoms with Gasteiger partial charge in [0, 0.05) is 24.1 Å². The van der Waals surface area contributed by atoms with E-state index in [9.17, 15) is 14.4 Å². The monoisotopic (exact) mass is 489 g/mol. The highest BCUT2D eigenvalue weighted by molar-refractivity contribution is 9.10. The van der Waals surface area contributed by atoms with Crippen LogP contribution in [-0.4, -0.2) is 56.6 Å². The predicted molar refractivity (Wildman–Crippen MR) is 119 cm³/mol. The summed E-state index contributed by atoms with van der Waals surface area (Å²) >= 11 is 3.31. The lowest BCUT2D eigenvalue weighted by Gasteiger charge is -2.14. The van der Waals surface area contributed by atoms with Crippen molar-refractivity contribution in [1.82, 2.24) is 15.5 Å². The summed E-state index contributed by atoms with van der Waals surface area (Å²) in [4.78, 5) is 38.0. The topological polar surface area (TPSA) is 97.0 Å². The van der Waals surface area contributed by atoms with Gasteiger partial charge in [0.25, 0.3) is 11.8 Å². The van der Waals surface area contributed by atoms with Crippen LogP contribution in [0.4, 0.5) is 4.79 Å². The van der Waals surface area contributed by atoms with E-state index in [1.807, 2.05) is 18.2 Å². The van der Waals surface area contributed by atoms with Crippen LogP contribution in [0.2, 0.25) is 0 Å². The maximum absolute atomic E-state index is 12.4. The minimum Gasteiger partial charge on any atom is -0.493 e. The molecule has 0 atom stereocenters. The van der Waals surface area contributed by atoms with Crippen LogP contribution >= 0.6 is 15.9 Å². The number of fused-ring (bicyclic) bond motifs is 1. The maximum atomic E-state index is 12.4. The van der Waals surface area contributed by atoms with Gasteiger partial charge in [-0.05, 0) is 48.7 Å². The molecule has 31 heavy (non-hydrogen) atoms. The third-order valence-corrected chi connectivity index (χ3v) is 5.42. The number of halogens is 1. The summed E-state index contributed by atoms with van der Waals surface area (Å²) in [5.41, 5.74) is 1.82. The van der Waals surface area contributed by atoms with Crippen LogP contribution in [-0.2, 0) is 6.42 Å². The van der Waals surface area contributed by atoms with E-state index < -0.39 is 0 Å². The molecule has 0 saturated carbocycles. The number of carbonyl (C=O) groups is 3. The second kappa shape index (κ2) is 10.3. The summed E-state index contributed by atoms with van der Waals surface area (Å²) in [6.07, 6.45) is 1.11. The van der Waals surface area contributed by atoms with Crippen LogP contribution in [0.5, 0.6) is 11.5 Å². The van der Waals surface area contributed by atoms with Gasteiger partial charge in [-0.25, -0.2) is 4.79 Å². The summed E-state index contributed by atoms with van der Waals surface area (Å²) in [5, 5.41) is 5.53. The first kappa shape index (κ1) is 22.6. The Kier molecular flexibility index (Phi) is 7.51. The first-order chi connectivity index (χ1) is 14.9. The molecule has 0 fully saturated rings. The van der Waals surface area contributed by atoms with Crippen molar-refractivity contribution < 1.29 is 23.9 Å². The molecule has 0 unspecified atom stereocenters. The van der Waals surface area contributed by atoms with Gasteiger partial charge in [0.15, 0.2) is 11.5 Å². The molecule has 0 aliphatic carbocycles. The van der Waals surface area contributed by atoms with Crippen molar-refractivity contribution in [2.75, 3.05) is 33.9 Å². The van der Waals surface area contributed by atoms with Crippen molar-refractivity contribution in [2.45, 2.75) is 12.8 Å². The lowest BCUT2D eigenvalue weighted by molar-refractivity contribution is 0.0653. The number of carbonyl (C=O) groups excluding carboxylic acids is 3. The Labute approximate surface area is 189 Å². The Bertz CT molecular complexity index is 995. The average Bonchev–Trinajstić information content (AvgIpc) is 3.00. The summed E-state index contributed by atoms with van der Waals surface area (Å²) < 4.78 is 11.2. The van der Waals surface area contributed by atoms with Crippen LogP contribution < -0.4 is 20.1 Å². The van der Waals surface area contributed by atoms with Crippen LogP contribution in [0.1, 0.15) is 32.7 Å². The van der Waals surface area contributed by atoms with E-state index in [4.69, 9.17) is 9.47 Å². The lowest BCUT2D eigenvalue weighted by atomic mass is 10.1. The van der Waals surface area contributed by atoms with E-state index in [1.165, 1.54) is 4.90 Å². The van der Waals surface area contributed by atoms with E-state index in [0.29, 0.717) is 48.6 Å². The molecule has 0 radical (unpaired) electrons. The van der Waals surface area contributed by atoms with Gasteiger partial charge in [0.2, 0.25) is 0 Å². The molecule has 0 aromatic heterocycles. The third kappa shape index (κ3) is 5.35. The van der Waals surface area contributed by atoms with Gasteiger partial charge in [0.05, 0.1) is 25.3 Å². The van der Waals surface area contributed by atoms with Crippen molar-refractivity contribution in [2.24, 2.45) is 0 Å². The quantitative estimate of drug-likeness (QED) is 0.416. The summed E-state index contributed by atoms with van der Waals surface area (Å²) in [5.74, 6) is 0.695. The normalized spacial score (nSPS) is 12.5. The maximum Gasteiger partial charge on any atom is 0.314 e. The van der Waals surface area contributed by atoms with E-state index >= 15 is 0 Å². The second-order valence-corrected chi connectivity index (χ2v) is 7.84. The van der Waals surface area contributed by atoms with Crippen molar-refractivity contribution >= 4 is 33.8 Å². The van der Waals surface area contributed by atoms with Gasteiger partial charge in [-0.3, -0.25) is 14.5 Å². The van der Waals surface area contributed by atoms with Gasteiger partial charge < -0.3 is 20.1 Å². The number of nitrogens with zero attached hydrogens (tertiary/aromatic N) is 1. The molecular formula is C22H24BrN3O5. The summed E-state index contributed by atoms with van der Waals surface area (Å²) in [6.45, 7) is 1.05. The fourth-order valence-corrected chi connectivity index (χ4v) is 3.69. The first-order valence-corrected chi connectivity index (χ1v) is 10.6. The number of ether oxygens (including phenoxy) is 2. The van der Waals surface area contributed by atoms with Crippen LogP contribution in [0, 0.1) is 0 Å². The Morgan fingerprint density at radius 3 is 2.39 bits per heavy atom. The zero-order valence-electron chi connectivity index (χ0n) is 17.4. The van der Waals surface area contributed by atoms with Gasteiger partial charge in [-0.2, -0.15) is 0 Å². The summed E-state index contributed by atoms with van der Waals surface area (Å²) in [6, 6.07) is 10.4. The fourth-order valence-electron chi connectivity index (χ4n) is 3.32. The highest BCUT2D eigenvalue weighted by Gasteiger charge is 2.34. The molecule has 164 valence electrons. The number of imide groups is 1. The Morgan fingerprint density at radius 2 is 1.65 bits per heavy atom. The zero-order chi connectivity index (χ0) is 22.4. The molecule has 1 aliphatic rings. The van der Waals surface area contributed by atoms with Gasteiger partial charge in [-0.15, -0.1) is 0 Å². The number of rotatable bonds is 9. The van der Waals surface area contributed by atoms with Gasteiger partial charge in [-0.1, -0.05) is 22.0 Å². The number of methoxy groups -OCH3 is 2. The molecule has 1 heterocycles. The Hall–Kier alpha value is -3.07. The molecule has 3 rings (SSSR count). The average molecular weight is 490 g/mol. The van der Waals surface area contributed by atoms with Crippen LogP contribution in [0.25, 0.3) is 0 Å². The van der Waals surface area contributed by atoms with Crippen LogP contribution in [0.3, 0.4) is 0 Å². The molecule has 8 nitrogen and oxygen atoms in total. The van der Waals surface area contributed by atoms with E-state index in [1.54, 1.807) is 32.4 Å². The van der Waals surface area contributed by atoms with Crippen molar-refractivity contribution in [3.05, 3.63) is 57.6 Å². The fraction of sp³-hybridized carbons (Fsp3) is 0.318. The molecule has 0 spiro atoms. The minimum absolute atomic E-state index is 0.246. The Morgan fingerprint density at radius 1 is 0.935 bits per heavy atom. The number of urea groups is 1. The number of hydrogen-bond donors (Lipinski definition) is 2. The van der Waals surface area contributed by atoms with E-state index in [0.717, 1.165) is 10.0 Å². The zero-order valence-corrected chi connectivity index (χ0v) is 19.0. The summed E-state index contributed by atoms with van der Waals surface area (Å²) in [7, 11) is 3.16. The molecule has 9 heteroatoms. The highest BCUT2D eigenvalue weighted by Crippen LogP contribution is 2.28. The molecule has 0 bridgehead atoms. The van der Waals surface area contributed by atoms with Crippen molar-refractivity contribution in [1.29, 1.82) is 0 Å². The smallest absolute Gasteiger partial charge is 0.314 e. The van der Waals surface area contributed by atoms with E-state index in [-0.39, 0.29) is 24.4 Å². The molecule has 2 aromatic carbocycles. The molecule has 2 N–H and O–H groups in total. The molecule has 0 saturated heterocycles. The largest absolute Gasteiger partial charge is 0.493 e. The minimum atomic E-state index is -0.305. The standard InChI is InChI=1S/C22H24BrN3O5/c1-30-18-7-4-14(12-19(18)31-2)8-10-25-22(29)24-9-3-11-26-20(27)16-6-5-15(23)13-17(16)21(26)28/h4-7,12-13H,3,8-11H2,1-2H3,(H2,24,25,29). The molecule has 1 aliphatic heterocycles. The number of hydrogen-bond acceptors (Lipinski definition) is 5. The van der Waals surface area contributed by atoms with Gasteiger partial charge >= 0.3 is 6.03 Å². The molecular weight excluding hydrogens is 466 g/mol. The number of amides is 4. The SMILES string of the molecule is COc1ccc(CCNC(=O)NCCCN2C(=O)c3ccc(Br)cc3C2=O)cc1OC. The number of nitrogens with one attached hydrogen (secondary N) is 2. The number of benzene rings is 2. The molecule has 4 amide bonds. The first-order valence-electron chi connectivity index (χ1n) is 9.83. The van der Waals surface area contributed by atoms with Gasteiger partial charge in [0.1, 0.15) is 0 Å². The second-order valence-electron chi connectivity index (χ2n) is 6.93. The predicted octanol–water partition coefficient (Wildman–Crippen LogP) is 2.99.